The van der Waals surface area contributed by atoms with Crippen LogP contribution in [-0.2, 0) is 0 Å². The maximum Gasteiger partial charge on any atom is 0.131 e. The molecule has 3 aromatic heterocycles. The molecular weight excluding hydrogens is 549 g/mol. The summed E-state index contributed by atoms with van der Waals surface area (Å²) in [5.41, 5.74) is 8.70. The normalized spacial score (nSPS) is 12.7. The van der Waals surface area contributed by atoms with Gasteiger partial charge in [0.1, 0.15) is 5.65 Å². The van der Waals surface area contributed by atoms with Crippen molar-refractivity contribution in [1.82, 2.24) is 9.13 Å². The minimum atomic E-state index is 1.17. The molecule has 1 aliphatic heterocycles. The standard InChI is InChI=1S/C38H22N2S2/c1-3-17-30-28(13-1)35-29-16-9-21-34-36(29)40(31-18-4-6-20-33(31)41-34)38(35)39(30)24-11-7-10-23(22-24)25-14-8-15-27-26-12-2-5-19-32(26)42-37(25)27/h1-22H. The van der Waals surface area contributed by atoms with Gasteiger partial charge < -0.3 is 0 Å². The first-order valence-corrected chi connectivity index (χ1v) is 15.8. The average Bonchev–Trinajstić information content (AvgIpc) is 3.70. The minimum Gasteiger partial charge on any atom is -0.295 e. The summed E-state index contributed by atoms with van der Waals surface area (Å²) in [6.07, 6.45) is 0. The fourth-order valence-corrected chi connectivity index (χ4v) is 9.31. The molecule has 0 spiro atoms. The molecule has 1 aliphatic rings. The Balaban J connectivity index is 1.32. The van der Waals surface area contributed by atoms with Crippen molar-refractivity contribution in [3.05, 3.63) is 133 Å². The van der Waals surface area contributed by atoms with E-state index >= 15 is 0 Å². The van der Waals surface area contributed by atoms with Crippen LogP contribution < -0.4 is 0 Å². The molecule has 0 aliphatic carbocycles. The number of thiophene rings is 1. The zero-order valence-electron chi connectivity index (χ0n) is 22.4. The van der Waals surface area contributed by atoms with Gasteiger partial charge in [-0.2, -0.15) is 0 Å². The topological polar surface area (TPSA) is 9.86 Å². The molecule has 6 aromatic carbocycles. The van der Waals surface area contributed by atoms with Crippen LogP contribution >= 0.6 is 23.1 Å². The molecule has 4 heteroatoms. The number of hydrogen-bond acceptors (Lipinski definition) is 2. The van der Waals surface area contributed by atoms with E-state index < -0.39 is 0 Å². The summed E-state index contributed by atoms with van der Waals surface area (Å²) >= 11 is 3.76. The van der Waals surface area contributed by atoms with Crippen LogP contribution in [0.15, 0.2) is 143 Å². The van der Waals surface area contributed by atoms with Gasteiger partial charge in [0.2, 0.25) is 0 Å². The second kappa shape index (κ2) is 8.39. The van der Waals surface area contributed by atoms with Gasteiger partial charge in [0.15, 0.2) is 0 Å². The molecule has 10 rings (SSSR count). The van der Waals surface area contributed by atoms with Gasteiger partial charge in [0.05, 0.1) is 16.7 Å². The quantitative estimate of drug-likeness (QED) is 0.201. The molecule has 9 aromatic rings. The number of hydrogen-bond donors (Lipinski definition) is 0. The van der Waals surface area contributed by atoms with Crippen LogP contribution in [0.3, 0.4) is 0 Å². The lowest BCUT2D eigenvalue weighted by molar-refractivity contribution is 1.03. The molecule has 0 bridgehead atoms. The highest BCUT2D eigenvalue weighted by Gasteiger charge is 2.27. The number of benzene rings is 6. The molecule has 0 fully saturated rings. The van der Waals surface area contributed by atoms with Gasteiger partial charge in [-0.1, -0.05) is 103 Å². The summed E-state index contributed by atoms with van der Waals surface area (Å²) in [5, 5.41) is 6.58. The lowest BCUT2D eigenvalue weighted by Gasteiger charge is -2.21. The van der Waals surface area contributed by atoms with Crippen molar-refractivity contribution < 1.29 is 0 Å². The van der Waals surface area contributed by atoms with Crippen LogP contribution in [0.4, 0.5) is 0 Å². The van der Waals surface area contributed by atoms with E-state index in [2.05, 4.69) is 143 Å². The molecule has 0 radical (unpaired) electrons. The lowest BCUT2D eigenvalue weighted by Crippen LogP contribution is -2.05. The van der Waals surface area contributed by atoms with E-state index in [-0.39, 0.29) is 0 Å². The molecule has 196 valence electrons. The van der Waals surface area contributed by atoms with E-state index in [4.69, 9.17) is 0 Å². The second-order valence-corrected chi connectivity index (χ2v) is 13.1. The molecular formula is C38H22N2S2. The minimum absolute atomic E-state index is 1.17. The van der Waals surface area contributed by atoms with Gasteiger partial charge in [-0.15, -0.1) is 11.3 Å². The Hall–Kier alpha value is -4.77. The third kappa shape index (κ3) is 2.95. The first-order valence-electron chi connectivity index (χ1n) is 14.2. The average molecular weight is 571 g/mol. The van der Waals surface area contributed by atoms with Crippen molar-refractivity contribution >= 4 is 76.1 Å². The van der Waals surface area contributed by atoms with Crippen molar-refractivity contribution in [2.75, 3.05) is 0 Å². The van der Waals surface area contributed by atoms with Crippen molar-refractivity contribution in [2.45, 2.75) is 9.79 Å². The zero-order valence-corrected chi connectivity index (χ0v) is 24.0. The molecule has 0 saturated heterocycles. The van der Waals surface area contributed by atoms with E-state index in [1.54, 1.807) is 0 Å². The Morgan fingerprint density at radius 1 is 0.524 bits per heavy atom. The molecule has 0 amide bonds. The molecule has 0 unspecified atom stereocenters. The van der Waals surface area contributed by atoms with E-state index in [1.165, 1.54) is 85.3 Å². The Morgan fingerprint density at radius 2 is 1.26 bits per heavy atom. The maximum absolute atomic E-state index is 2.51. The second-order valence-electron chi connectivity index (χ2n) is 10.9. The molecule has 42 heavy (non-hydrogen) atoms. The van der Waals surface area contributed by atoms with Crippen molar-refractivity contribution in [1.29, 1.82) is 0 Å². The molecule has 0 saturated carbocycles. The van der Waals surface area contributed by atoms with Crippen molar-refractivity contribution in [3.63, 3.8) is 0 Å². The largest absolute Gasteiger partial charge is 0.295 e. The number of rotatable bonds is 2. The fourth-order valence-electron chi connectivity index (χ4n) is 6.98. The van der Waals surface area contributed by atoms with E-state index in [9.17, 15) is 0 Å². The first kappa shape index (κ1) is 22.9. The Labute approximate surface area is 250 Å². The number of fused-ring (bicyclic) bond motifs is 10. The van der Waals surface area contributed by atoms with Crippen LogP contribution in [0.25, 0.3) is 75.5 Å². The fraction of sp³-hybridized carbons (Fsp3) is 0. The number of nitrogens with zero attached hydrogens (tertiary/aromatic N) is 2. The van der Waals surface area contributed by atoms with Gasteiger partial charge in [-0.3, -0.25) is 9.13 Å². The smallest absolute Gasteiger partial charge is 0.131 e. The van der Waals surface area contributed by atoms with Gasteiger partial charge in [0, 0.05) is 51.8 Å². The predicted molar refractivity (Wildman–Crippen MR) is 180 cm³/mol. The van der Waals surface area contributed by atoms with Crippen LogP contribution in [-0.4, -0.2) is 9.13 Å². The van der Waals surface area contributed by atoms with Gasteiger partial charge in [-0.05, 0) is 53.6 Å². The van der Waals surface area contributed by atoms with Crippen LogP contribution in [0.1, 0.15) is 0 Å². The Bertz CT molecular complexity index is 2560. The number of para-hydroxylation sites is 3. The van der Waals surface area contributed by atoms with Crippen LogP contribution in [0, 0.1) is 0 Å². The predicted octanol–water partition coefficient (Wildman–Crippen LogP) is 11.2. The SMILES string of the molecule is c1cc(-c2cccc3c2sc2ccccc23)cc(-n2c3ccccc3c3c4cccc5c4n(c32)-c2ccccc2S5)c1. The van der Waals surface area contributed by atoms with Crippen molar-refractivity contribution in [2.24, 2.45) is 0 Å². The highest BCUT2D eigenvalue weighted by Crippen LogP contribution is 2.49. The van der Waals surface area contributed by atoms with E-state index in [0.717, 1.165) is 0 Å². The monoisotopic (exact) mass is 570 g/mol. The number of aromatic nitrogens is 2. The summed E-state index contributed by atoms with van der Waals surface area (Å²) < 4.78 is 7.67. The van der Waals surface area contributed by atoms with Gasteiger partial charge in [0.25, 0.3) is 0 Å². The maximum atomic E-state index is 2.51. The first-order chi connectivity index (χ1) is 20.8. The zero-order chi connectivity index (χ0) is 27.4. The Morgan fingerprint density at radius 3 is 2.24 bits per heavy atom. The highest BCUT2D eigenvalue weighted by atomic mass is 32.2. The van der Waals surface area contributed by atoms with Crippen LogP contribution in [0.2, 0.25) is 0 Å². The summed E-state index contributed by atoms with van der Waals surface area (Å²) in [6.45, 7) is 0. The van der Waals surface area contributed by atoms with E-state index in [0.29, 0.717) is 0 Å². The summed E-state index contributed by atoms with van der Waals surface area (Å²) in [6, 6.07) is 49.0. The Kier molecular flexibility index (Phi) is 4.57. The third-order valence-corrected chi connectivity index (χ3v) is 11.0. The molecule has 0 N–H and O–H groups in total. The lowest BCUT2D eigenvalue weighted by atomic mass is 10.0. The third-order valence-electron chi connectivity index (χ3n) is 8.70. The van der Waals surface area contributed by atoms with E-state index in [1.807, 2.05) is 23.1 Å². The molecule has 4 heterocycles. The summed E-state index contributed by atoms with van der Waals surface area (Å²) in [4.78, 5) is 2.60. The van der Waals surface area contributed by atoms with Gasteiger partial charge in [-0.25, -0.2) is 0 Å². The molecule has 0 atom stereocenters. The summed E-state index contributed by atoms with van der Waals surface area (Å²) in [5.74, 6) is 0. The molecule has 2 nitrogen and oxygen atoms in total. The summed E-state index contributed by atoms with van der Waals surface area (Å²) in [7, 11) is 0. The van der Waals surface area contributed by atoms with Crippen LogP contribution in [0.5, 0.6) is 0 Å². The van der Waals surface area contributed by atoms with Crippen molar-refractivity contribution in [3.8, 4) is 22.5 Å². The highest BCUT2D eigenvalue weighted by molar-refractivity contribution is 7.99. The van der Waals surface area contributed by atoms with Gasteiger partial charge >= 0.3 is 0 Å².